The third-order valence-electron chi connectivity index (χ3n) is 3.96. The quantitative estimate of drug-likeness (QED) is 0.750. The molecule has 9 heteroatoms. The monoisotopic (exact) mass is 386 g/mol. The summed E-state index contributed by atoms with van der Waals surface area (Å²) < 4.78 is 32.0. The molecule has 1 N–H and O–H groups in total. The second-order valence-electron chi connectivity index (χ2n) is 5.64. The van der Waals surface area contributed by atoms with Crippen molar-refractivity contribution in [1.29, 1.82) is 0 Å². The number of hydrogen-bond donors (Lipinski definition) is 1. The Morgan fingerprint density at radius 2 is 2.00 bits per heavy atom. The van der Waals surface area contributed by atoms with Crippen molar-refractivity contribution >= 4 is 21.6 Å². The first-order valence-corrected chi connectivity index (χ1v) is 9.95. The molecule has 25 heavy (non-hydrogen) atoms. The number of nitrogens with one attached hydrogen (secondary N) is 1. The lowest BCUT2D eigenvalue weighted by Gasteiger charge is -2.18. The number of hydrogen-bond acceptors (Lipinski definition) is 6. The van der Waals surface area contributed by atoms with Crippen LogP contribution in [0, 0.1) is 0 Å². The second kappa shape index (κ2) is 8.27. The van der Waals surface area contributed by atoms with Crippen LogP contribution in [0.1, 0.15) is 26.6 Å². The Hall–Kier alpha value is -1.48. The van der Waals surface area contributed by atoms with Gasteiger partial charge in [0.2, 0.25) is 10.0 Å². The molecular weight excluding hydrogens is 364 g/mol. The van der Waals surface area contributed by atoms with E-state index in [4.69, 9.17) is 16.1 Å². The Kier molecular flexibility index (Phi) is 6.56. The Morgan fingerprint density at radius 1 is 1.32 bits per heavy atom. The Balaban J connectivity index is 2.40. The zero-order valence-corrected chi connectivity index (χ0v) is 16.4. The number of nitrogens with zero attached hydrogens (tertiary/aromatic N) is 3. The molecule has 138 valence electrons. The molecule has 1 heterocycles. The van der Waals surface area contributed by atoms with Crippen molar-refractivity contribution in [2.24, 2.45) is 0 Å². The van der Waals surface area contributed by atoms with Crippen molar-refractivity contribution < 1.29 is 12.9 Å². The lowest BCUT2D eigenvalue weighted by atomic mass is 10.2. The zero-order valence-electron chi connectivity index (χ0n) is 14.8. The van der Waals surface area contributed by atoms with E-state index in [1.807, 2.05) is 14.0 Å². The van der Waals surface area contributed by atoms with E-state index < -0.39 is 10.0 Å². The summed E-state index contributed by atoms with van der Waals surface area (Å²) >= 11 is 6.22. The lowest BCUT2D eigenvalue weighted by Crippen LogP contribution is -2.30. The maximum Gasteiger partial charge on any atom is 0.259 e. The van der Waals surface area contributed by atoms with Gasteiger partial charge in [-0.25, -0.2) is 8.42 Å². The van der Waals surface area contributed by atoms with E-state index in [-0.39, 0.29) is 16.8 Å². The lowest BCUT2D eigenvalue weighted by molar-refractivity contribution is 0.418. The molecule has 2 aromatic rings. The summed E-state index contributed by atoms with van der Waals surface area (Å²) in [5, 5.41) is 7.39. The van der Waals surface area contributed by atoms with E-state index in [9.17, 15) is 8.42 Å². The first kappa shape index (κ1) is 19.8. The molecule has 0 radical (unpaired) electrons. The average molecular weight is 387 g/mol. The highest BCUT2D eigenvalue weighted by Gasteiger charge is 2.24. The summed E-state index contributed by atoms with van der Waals surface area (Å²) in [6.07, 6.45) is 0.592. The number of benzene rings is 1. The molecule has 0 aliphatic rings. The average Bonchev–Trinajstić information content (AvgIpc) is 3.04. The number of sulfonamides is 1. The Bertz CT molecular complexity index is 819. The van der Waals surface area contributed by atoms with Gasteiger partial charge in [0.05, 0.1) is 15.5 Å². The highest BCUT2D eigenvalue weighted by Crippen LogP contribution is 2.30. The van der Waals surface area contributed by atoms with Gasteiger partial charge < -0.3 is 9.84 Å². The molecular formula is C16H23ClN4O3S. The van der Waals surface area contributed by atoms with Crippen LogP contribution in [-0.4, -0.2) is 49.0 Å². The van der Waals surface area contributed by atoms with Crippen LogP contribution in [0.2, 0.25) is 5.02 Å². The fourth-order valence-electron chi connectivity index (χ4n) is 2.36. The molecule has 0 amide bonds. The number of rotatable bonds is 8. The predicted octanol–water partition coefficient (Wildman–Crippen LogP) is 2.57. The minimum Gasteiger partial charge on any atom is -0.334 e. The summed E-state index contributed by atoms with van der Waals surface area (Å²) in [6.45, 7) is 6.38. The van der Waals surface area contributed by atoms with Crippen molar-refractivity contribution in [3.8, 4) is 11.5 Å². The highest BCUT2D eigenvalue weighted by molar-refractivity contribution is 7.89. The normalized spacial score (nSPS) is 13.4. The van der Waals surface area contributed by atoms with Crippen molar-refractivity contribution in [2.45, 2.75) is 38.1 Å². The van der Waals surface area contributed by atoms with Crippen LogP contribution in [0.4, 0.5) is 0 Å². The van der Waals surface area contributed by atoms with E-state index >= 15 is 0 Å². The molecule has 0 aliphatic carbocycles. The zero-order chi connectivity index (χ0) is 18.6. The number of likely N-dealkylation sites (N-methyl/N-ethyl adjacent to an activating group) is 1. The summed E-state index contributed by atoms with van der Waals surface area (Å²) in [4.78, 5) is 4.48. The van der Waals surface area contributed by atoms with E-state index in [1.54, 1.807) is 13.8 Å². The molecule has 0 aliphatic heterocycles. The second-order valence-corrected chi connectivity index (χ2v) is 7.99. The smallest absolute Gasteiger partial charge is 0.259 e. The molecule has 0 fully saturated rings. The molecule has 0 saturated heterocycles. The van der Waals surface area contributed by atoms with Gasteiger partial charge in [-0.05, 0) is 32.2 Å². The van der Waals surface area contributed by atoms with Gasteiger partial charge in [-0.3, -0.25) is 0 Å². The summed E-state index contributed by atoms with van der Waals surface area (Å²) in [6, 6.07) is 4.69. The van der Waals surface area contributed by atoms with Gasteiger partial charge in [0, 0.05) is 25.6 Å². The van der Waals surface area contributed by atoms with Gasteiger partial charge in [-0.15, -0.1) is 0 Å². The Morgan fingerprint density at radius 3 is 2.60 bits per heavy atom. The van der Waals surface area contributed by atoms with Gasteiger partial charge in [0.1, 0.15) is 0 Å². The van der Waals surface area contributed by atoms with E-state index in [1.165, 1.54) is 22.5 Å². The van der Waals surface area contributed by atoms with Gasteiger partial charge in [-0.1, -0.05) is 30.6 Å². The molecule has 7 nitrogen and oxygen atoms in total. The van der Waals surface area contributed by atoms with Crippen molar-refractivity contribution in [3.05, 3.63) is 29.0 Å². The van der Waals surface area contributed by atoms with Crippen LogP contribution in [-0.2, 0) is 16.4 Å². The number of halogens is 1. The van der Waals surface area contributed by atoms with E-state index in [0.717, 1.165) is 0 Å². The maximum atomic E-state index is 12.7. The molecule has 0 saturated carbocycles. The van der Waals surface area contributed by atoms with Crippen molar-refractivity contribution in [1.82, 2.24) is 19.8 Å². The fourth-order valence-corrected chi connectivity index (χ4v) is 4.05. The third kappa shape index (κ3) is 4.38. The first-order chi connectivity index (χ1) is 11.8. The third-order valence-corrected chi connectivity index (χ3v) is 6.34. The van der Waals surface area contributed by atoms with Gasteiger partial charge in [0.25, 0.3) is 5.89 Å². The van der Waals surface area contributed by atoms with Gasteiger partial charge in [0.15, 0.2) is 5.82 Å². The summed E-state index contributed by atoms with van der Waals surface area (Å²) in [7, 11) is -1.74. The van der Waals surface area contributed by atoms with Crippen LogP contribution < -0.4 is 5.32 Å². The molecule has 2 rings (SSSR count). The molecule has 1 aromatic carbocycles. The van der Waals surface area contributed by atoms with Crippen LogP contribution in [0.25, 0.3) is 11.5 Å². The first-order valence-electron chi connectivity index (χ1n) is 8.13. The molecule has 0 spiro atoms. The van der Waals surface area contributed by atoms with Crippen molar-refractivity contribution in [2.75, 3.05) is 20.1 Å². The topological polar surface area (TPSA) is 88.3 Å². The Labute approximate surface area is 153 Å². The molecule has 1 atom stereocenters. The largest absolute Gasteiger partial charge is 0.334 e. The summed E-state index contributed by atoms with van der Waals surface area (Å²) in [5.41, 5.74) is 0.408. The van der Waals surface area contributed by atoms with E-state index in [2.05, 4.69) is 15.5 Å². The molecule has 1 aromatic heterocycles. The number of aromatic nitrogens is 2. The highest BCUT2D eigenvalue weighted by atomic mass is 35.5. The van der Waals surface area contributed by atoms with Gasteiger partial charge >= 0.3 is 0 Å². The van der Waals surface area contributed by atoms with E-state index in [0.29, 0.717) is 35.9 Å². The van der Waals surface area contributed by atoms with Crippen molar-refractivity contribution in [3.63, 3.8) is 0 Å². The van der Waals surface area contributed by atoms with Crippen LogP contribution in [0.15, 0.2) is 27.6 Å². The maximum absolute atomic E-state index is 12.7. The minimum absolute atomic E-state index is 0.152. The summed E-state index contributed by atoms with van der Waals surface area (Å²) in [5.74, 6) is 0.741. The van der Waals surface area contributed by atoms with Gasteiger partial charge in [-0.2, -0.15) is 9.29 Å². The molecule has 1 unspecified atom stereocenters. The fraction of sp³-hybridized carbons (Fsp3) is 0.500. The SMILES string of the molecule is CCN(CC)S(=O)(=O)c1ccc(Cl)c(-c2nc(CC(C)NC)no2)c1. The van der Waals surface area contributed by atoms with Crippen LogP contribution in [0.3, 0.4) is 0 Å². The molecule has 0 bridgehead atoms. The van der Waals surface area contributed by atoms with Crippen LogP contribution in [0.5, 0.6) is 0 Å². The van der Waals surface area contributed by atoms with Crippen LogP contribution >= 0.6 is 11.6 Å². The standard InChI is InChI=1S/C16H23ClN4O3S/c1-5-21(6-2)25(22,23)12-7-8-14(17)13(10-12)16-19-15(20-24-16)9-11(3)18-4/h7-8,10-11,18H,5-6,9H2,1-4H3. The minimum atomic E-state index is -3.59. The predicted molar refractivity (Wildman–Crippen MR) is 97.1 cm³/mol.